The van der Waals surface area contributed by atoms with Crippen LogP contribution in [-0.2, 0) is 0 Å². The molecule has 2 atom stereocenters. The van der Waals surface area contributed by atoms with Gasteiger partial charge < -0.3 is 9.73 Å². The molecule has 0 bridgehead atoms. The molecule has 2 N–H and O–H groups in total. The molecule has 136 valence electrons. The first-order chi connectivity index (χ1) is 13.2. The standard InChI is InChI=1S/C21H18ClN3OS/c1-14(20-24-25-21(26-20)16-9-5-10-17(22)13-16)23-19(18-11-6-12-27-18)15-7-3-2-4-8-15/h2-14,19,23H,1H3/p+1/t14-,19-/m1/s1. The topological polar surface area (TPSA) is 55.5 Å². The van der Waals surface area contributed by atoms with Gasteiger partial charge in [0.2, 0.25) is 5.89 Å². The second kappa shape index (κ2) is 8.05. The molecule has 4 aromatic rings. The first kappa shape index (κ1) is 17.9. The number of thiophene rings is 1. The largest absolute Gasteiger partial charge is 0.415 e. The summed E-state index contributed by atoms with van der Waals surface area (Å²) in [6.45, 7) is 2.08. The summed E-state index contributed by atoms with van der Waals surface area (Å²) in [7, 11) is 0. The van der Waals surface area contributed by atoms with Gasteiger partial charge in [-0.25, -0.2) is 0 Å². The van der Waals surface area contributed by atoms with Crippen molar-refractivity contribution in [3.05, 3.63) is 93.5 Å². The summed E-state index contributed by atoms with van der Waals surface area (Å²) < 4.78 is 5.93. The minimum absolute atomic E-state index is 0.0118. The fraction of sp³-hybridized carbons (Fsp3) is 0.143. The molecule has 0 saturated heterocycles. The molecule has 2 heterocycles. The van der Waals surface area contributed by atoms with Crippen molar-refractivity contribution in [3.63, 3.8) is 0 Å². The molecule has 27 heavy (non-hydrogen) atoms. The normalized spacial score (nSPS) is 13.4. The van der Waals surface area contributed by atoms with Crippen LogP contribution in [0.5, 0.6) is 0 Å². The van der Waals surface area contributed by atoms with E-state index in [1.807, 2.05) is 30.3 Å². The van der Waals surface area contributed by atoms with Crippen molar-refractivity contribution in [2.24, 2.45) is 0 Å². The monoisotopic (exact) mass is 396 g/mol. The smallest absolute Gasteiger partial charge is 0.274 e. The molecule has 0 radical (unpaired) electrons. The lowest BCUT2D eigenvalue weighted by Gasteiger charge is -2.17. The van der Waals surface area contributed by atoms with E-state index in [9.17, 15) is 0 Å². The zero-order chi connectivity index (χ0) is 18.6. The van der Waals surface area contributed by atoms with Crippen molar-refractivity contribution in [1.82, 2.24) is 10.2 Å². The molecule has 6 heteroatoms. The van der Waals surface area contributed by atoms with E-state index >= 15 is 0 Å². The van der Waals surface area contributed by atoms with Gasteiger partial charge in [0.1, 0.15) is 6.04 Å². The van der Waals surface area contributed by atoms with Gasteiger partial charge >= 0.3 is 0 Å². The Morgan fingerprint density at radius 3 is 2.59 bits per heavy atom. The Bertz CT molecular complexity index is 1000. The molecule has 0 aliphatic heterocycles. The van der Waals surface area contributed by atoms with Crippen molar-refractivity contribution in [3.8, 4) is 11.5 Å². The summed E-state index contributed by atoms with van der Waals surface area (Å²) in [6, 6.07) is 22.4. The van der Waals surface area contributed by atoms with Crippen molar-refractivity contribution in [2.75, 3.05) is 0 Å². The van der Waals surface area contributed by atoms with Crippen LogP contribution in [-0.4, -0.2) is 10.2 Å². The van der Waals surface area contributed by atoms with Crippen LogP contribution in [0.4, 0.5) is 0 Å². The van der Waals surface area contributed by atoms with Crippen molar-refractivity contribution in [2.45, 2.75) is 19.0 Å². The second-order valence-electron chi connectivity index (χ2n) is 6.34. The zero-order valence-corrected chi connectivity index (χ0v) is 16.3. The van der Waals surface area contributed by atoms with Crippen LogP contribution in [0.15, 0.2) is 76.5 Å². The van der Waals surface area contributed by atoms with Gasteiger partial charge in [0, 0.05) is 16.1 Å². The van der Waals surface area contributed by atoms with Gasteiger partial charge in [-0.3, -0.25) is 0 Å². The Balaban J connectivity index is 1.58. The summed E-state index contributed by atoms with van der Waals surface area (Å²) >= 11 is 7.82. The van der Waals surface area contributed by atoms with Crippen LogP contribution in [0.25, 0.3) is 11.5 Å². The predicted molar refractivity (Wildman–Crippen MR) is 108 cm³/mol. The van der Waals surface area contributed by atoms with Crippen molar-refractivity contribution >= 4 is 22.9 Å². The van der Waals surface area contributed by atoms with Crippen LogP contribution in [0.1, 0.15) is 35.3 Å². The number of quaternary nitrogens is 1. The lowest BCUT2D eigenvalue weighted by Crippen LogP contribution is -2.85. The van der Waals surface area contributed by atoms with Crippen LogP contribution in [0.2, 0.25) is 5.02 Å². The van der Waals surface area contributed by atoms with E-state index in [1.165, 1.54) is 10.4 Å². The van der Waals surface area contributed by atoms with E-state index in [4.69, 9.17) is 16.0 Å². The Labute approximate surface area is 166 Å². The summed E-state index contributed by atoms with van der Waals surface area (Å²) in [5.41, 5.74) is 2.08. The highest BCUT2D eigenvalue weighted by Crippen LogP contribution is 2.25. The third kappa shape index (κ3) is 4.11. The summed E-state index contributed by atoms with van der Waals surface area (Å²) in [5, 5.41) is 13.5. The number of hydrogen-bond donors (Lipinski definition) is 1. The average Bonchev–Trinajstić information content (AvgIpc) is 3.39. The minimum Gasteiger partial charge on any atom is -0.415 e. The fourth-order valence-electron chi connectivity index (χ4n) is 3.03. The highest BCUT2D eigenvalue weighted by atomic mass is 35.5. The van der Waals surface area contributed by atoms with Gasteiger partial charge in [-0.15, -0.1) is 21.5 Å². The molecular formula is C21H19ClN3OS+. The van der Waals surface area contributed by atoms with Crippen LogP contribution in [0, 0.1) is 0 Å². The molecule has 0 unspecified atom stereocenters. The molecule has 0 saturated carbocycles. The molecule has 4 nitrogen and oxygen atoms in total. The second-order valence-corrected chi connectivity index (χ2v) is 7.76. The minimum atomic E-state index is 0.0118. The van der Waals surface area contributed by atoms with Crippen LogP contribution < -0.4 is 5.32 Å². The SMILES string of the molecule is C[C@@H]([NH2+][C@H](c1ccccc1)c1cccs1)c1nnc(-c2cccc(Cl)c2)o1. The number of benzene rings is 2. The average molecular weight is 397 g/mol. The summed E-state index contributed by atoms with van der Waals surface area (Å²) in [6.07, 6.45) is 0. The van der Waals surface area contributed by atoms with E-state index < -0.39 is 0 Å². The quantitative estimate of drug-likeness (QED) is 0.506. The summed E-state index contributed by atoms with van der Waals surface area (Å²) in [4.78, 5) is 1.29. The van der Waals surface area contributed by atoms with E-state index in [1.54, 1.807) is 11.3 Å². The number of nitrogens with two attached hydrogens (primary N) is 1. The van der Waals surface area contributed by atoms with Gasteiger partial charge in [-0.2, -0.15) is 0 Å². The fourth-order valence-corrected chi connectivity index (χ4v) is 4.05. The van der Waals surface area contributed by atoms with E-state index in [2.05, 4.69) is 64.2 Å². The molecule has 0 aliphatic rings. The van der Waals surface area contributed by atoms with Gasteiger partial charge in [0.25, 0.3) is 5.89 Å². The highest BCUT2D eigenvalue weighted by Gasteiger charge is 2.25. The molecule has 0 spiro atoms. The number of hydrogen-bond acceptors (Lipinski definition) is 4. The molecule has 2 aromatic heterocycles. The van der Waals surface area contributed by atoms with Gasteiger partial charge in [0.15, 0.2) is 6.04 Å². The maximum absolute atomic E-state index is 6.06. The molecule has 0 aliphatic carbocycles. The lowest BCUT2D eigenvalue weighted by molar-refractivity contribution is -0.725. The van der Waals surface area contributed by atoms with Crippen LogP contribution in [0.3, 0.4) is 0 Å². The maximum atomic E-state index is 6.06. The Morgan fingerprint density at radius 1 is 1.00 bits per heavy atom. The van der Waals surface area contributed by atoms with E-state index in [-0.39, 0.29) is 12.1 Å². The Hall–Kier alpha value is -2.47. The molecular weight excluding hydrogens is 378 g/mol. The van der Waals surface area contributed by atoms with Gasteiger partial charge in [-0.05, 0) is 36.6 Å². The maximum Gasteiger partial charge on any atom is 0.274 e. The number of aromatic nitrogens is 2. The zero-order valence-electron chi connectivity index (χ0n) is 14.7. The van der Waals surface area contributed by atoms with Crippen molar-refractivity contribution < 1.29 is 9.73 Å². The van der Waals surface area contributed by atoms with Crippen molar-refractivity contribution in [1.29, 1.82) is 0 Å². The predicted octanol–water partition coefficient (Wildman–Crippen LogP) is 4.87. The molecule has 4 rings (SSSR count). The van der Waals surface area contributed by atoms with Gasteiger partial charge in [-0.1, -0.05) is 54.1 Å². The Kier molecular flexibility index (Phi) is 5.34. The number of nitrogens with zero attached hydrogens (tertiary/aromatic N) is 2. The lowest BCUT2D eigenvalue weighted by atomic mass is 10.0. The third-order valence-electron chi connectivity index (χ3n) is 4.39. The van der Waals surface area contributed by atoms with Crippen LogP contribution >= 0.6 is 22.9 Å². The number of halogens is 1. The first-order valence-electron chi connectivity index (χ1n) is 8.73. The first-order valence-corrected chi connectivity index (χ1v) is 9.99. The van der Waals surface area contributed by atoms with Gasteiger partial charge in [0.05, 0.1) is 4.88 Å². The van der Waals surface area contributed by atoms with E-state index in [0.29, 0.717) is 16.8 Å². The Morgan fingerprint density at radius 2 is 1.85 bits per heavy atom. The highest BCUT2D eigenvalue weighted by molar-refractivity contribution is 7.10. The third-order valence-corrected chi connectivity index (χ3v) is 5.58. The molecule has 2 aromatic carbocycles. The number of rotatable bonds is 6. The molecule has 0 fully saturated rings. The van der Waals surface area contributed by atoms with E-state index in [0.717, 1.165) is 5.56 Å². The summed E-state index contributed by atoms with van der Waals surface area (Å²) in [5.74, 6) is 1.09. The molecule has 0 amide bonds.